The van der Waals surface area contributed by atoms with Crippen LogP contribution in [0.15, 0.2) is 78.0 Å². The maximum absolute atomic E-state index is 13.7. The number of nitrogens with zero attached hydrogens (tertiary/aromatic N) is 5. The molecular formula is C30H24F6N6O5S. The van der Waals surface area contributed by atoms with Crippen molar-refractivity contribution in [1.29, 1.82) is 0 Å². The second kappa shape index (κ2) is 14.3. The van der Waals surface area contributed by atoms with Crippen LogP contribution in [0.1, 0.15) is 24.2 Å². The van der Waals surface area contributed by atoms with E-state index in [2.05, 4.69) is 25.3 Å². The van der Waals surface area contributed by atoms with Gasteiger partial charge in [0, 0.05) is 5.56 Å². The molecular weight excluding hydrogens is 670 g/mol. The fourth-order valence-corrected chi connectivity index (χ4v) is 5.15. The van der Waals surface area contributed by atoms with Crippen molar-refractivity contribution in [1.82, 2.24) is 20.2 Å². The summed E-state index contributed by atoms with van der Waals surface area (Å²) < 4.78 is 86.5. The van der Waals surface area contributed by atoms with Crippen LogP contribution in [0.5, 0.6) is 11.5 Å². The number of halogens is 6. The summed E-state index contributed by atoms with van der Waals surface area (Å²) in [5, 5.41) is 4.25. The van der Waals surface area contributed by atoms with Crippen LogP contribution in [0.25, 0.3) is 17.1 Å². The van der Waals surface area contributed by atoms with Gasteiger partial charge in [-0.25, -0.2) is 28.7 Å². The van der Waals surface area contributed by atoms with Gasteiger partial charge in [-0.2, -0.15) is 9.38 Å². The average Bonchev–Trinajstić information content (AvgIpc) is 3.67. The summed E-state index contributed by atoms with van der Waals surface area (Å²) in [6.07, 6.45) is -10.4. The molecule has 0 bridgehead atoms. The summed E-state index contributed by atoms with van der Waals surface area (Å²) in [4.78, 5) is 39.9. The third kappa shape index (κ3) is 8.43. The summed E-state index contributed by atoms with van der Waals surface area (Å²) in [6.45, 7) is 3.31. The van der Waals surface area contributed by atoms with Crippen molar-refractivity contribution in [2.24, 2.45) is 4.99 Å². The van der Waals surface area contributed by atoms with Gasteiger partial charge >= 0.3 is 18.8 Å². The number of anilines is 1. The molecule has 18 heteroatoms. The highest BCUT2D eigenvalue weighted by Gasteiger charge is 2.34. The molecule has 2 unspecified atom stereocenters. The van der Waals surface area contributed by atoms with Crippen molar-refractivity contribution in [3.8, 4) is 28.6 Å². The molecule has 1 aromatic heterocycles. The Balaban J connectivity index is 1.21. The molecule has 2 heterocycles. The summed E-state index contributed by atoms with van der Waals surface area (Å²) in [5.41, 5.74) is 4.45. The van der Waals surface area contributed by atoms with Crippen molar-refractivity contribution in [2.75, 3.05) is 10.7 Å². The number of aliphatic imine (C=N–C) groups is 1. The van der Waals surface area contributed by atoms with Crippen LogP contribution < -0.4 is 19.9 Å². The number of carbonyl (C=O) groups is 2. The van der Waals surface area contributed by atoms with E-state index < -0.39 is 37.2 Å². The van der Waals surface area contributed by atoms with Gasteiger partial charge in [-0.15, -0.1) is 18.3 Å². The predicted octanol–water partition coefficient (Wildman–Crippen LogP) is 6.92. The molecule has 0 radical (unpaired) electrons. The normalized spacial score (nSPS) is 15.6. The lowest BCUT2D eigenvalue weighted by Crippen LogP contribution is -2.32. The summed E-state index contributed by atoms with van der Waals surface area (Å²) in [7, 11) is 0. The van der Waals surface area contributed by atoms with Gasteiger partial charge in [0.25, 0.3) is 6.36 Å². The number of thioether (sulfide) groups is 1. The Hall–Kier alpha value is -5.10. The predicted molar refractivity (Wildman–Crippen MR) is 162 cm³/mol. The van der Waals surface area contributed by atoms with Crippen molar-refractivity contribution < 1.29 is 50.2 Å². The Bertz CT molecular complexity index is 1800. The molecule has 11 nitrogen and oxygen atoms in total. The highest BCUT2D eigenvalue weighted by molar-refractivity contribution is 8.15. The van der Waals surface area contributed by atoms with E-state index in [1.807, 2.05) is 0 Å². The summed E-state index contributed by atoms with van der Waals surface area (Å²) >= 11 is 0.907. The van der Waals surface area contributed by atoms with Crippen molar-refractivity contribution in [3.63, 3.8) is 0 Å². The van der Waals surface area contributed by atoms with E-state index in [9.17, 15) is 35.9 Å². The zero-order chi connectivity index (χ0) is 34.6. The number of aromatic nitrogens is 3. The fraction of sp³-hybridized carbons (Fsp3) is 0.233. The molecule has 1 fully saturated rings. The van der Waals surface area contributed by atoms with Crippen LogP contribution >= 0.6 is 11.8 Å². The highest BCUT2D eigenvalue weighted by Crippen LogP contribution is 2.36. The quantitative estimate of drug-likeness (QED) is 0.140. The Morgan fingerprint density at radius 3 is 2.42 bits per heavy atom. The van der Waals surface area contributed by atoms with Gasteiger partial charge in [0.2, 0.25) is 5.91 Å². The van der Waals surface area contributed by atoms with Gasteiger partial charge < -0.3 is 9.47 Å². The van der Waals surface area contributed by atoms with E-state index in [0.29, 0.717) is 28.2 Å². The average molecular weight is 695 g/mol. The van der Waals surface area contributed by atoms with Gasteiger partial charge in [0.1, 0.15) is 23.9 Å². The van der Waals surface area contributed by atoms with E-state index in [-0.39, 0.29) is 28.1 Å². The Morgan fingerprint density at radius 1 is 1.04 bits per heavy atom. The first-order valence-corrected chi connectivity index (χ1v) is 14.8. The third-order valence-electron chi connectivity index (χ3n) is 6.54. The minimum atomic E-state index is -4.80. The largest absolute Gasteiger partial charge is 0.573 e. The maximum atomic E-state index is 13.7. The number of hydrogen-bond donors (Lipinski definition) is 1. The molecule has 48 heavy (non-hydrogen) atoms. The molecule has 1 aliphatic rings. The van der Waals surface area contributed by atoms with Gasteiger partial charge in [-0.1, -0.05) is 42.1 Å². The standard InChI is InChI=1S/C30H24F6N6O5S/c1-16-3-12-23(45-26(33)25(31)32)22(13-16)42-24(43)14-48-29(42)38-28(44)40-47-17(2)18-4-6-19(7-5-18)27-37-15-41(39-27)20-8-10-21(11-9-20)46-30(34,35)36/h3-13,15,17,25-26H,14H2,1-2H3,(H,40,44). The SMILES string of the molecule is Cc1ccc(OC(F)C(F)F)c(N2C(=O)CSC2=NC(=O)NOC(C)c2ccc(-c3ncn(-c4ccc(OC(F)(F)F)cc4)n3)cc2)c1. The number of ether oxygens (including phenoxy) is 2. The number of aryl methyl sites for hydroxylation is 1. The molecule has 4 aromatic rings. The molecule has 5 rings (SSSR count). The Kier molecular flexibility index (Phi) is 10.2. The molecule has 252 valence electrons. The molecule has 1 aliphatic heterocycles. The molecule has 0 saturated carbocycles. The van der Waals surface area contributed by atoms with E-state index in [0.717, 1.165) is 28.8 Å². The zero-order valence-electron chi connectivity index (χ0n) is 24.8. The minimum absolute atomic E-state index is 0.0537. The van der Waals surface area contributed by atoms with Crippen LogP contribution in [0.2, 0.25) is 0 Å². The third-order valence-corrected chi connectivity index (χ3v) is 7.47. The van der Waals surface area contributed by atoms with E-state index in [4.69, 9.17) is 9.57 Å². The van der Waals surface area contributed by atoms with Crippen LogP contribution in [0.3, 0.4) is 0 Å². The Morgan fingerprint density at radius 2 is 1.75 bits per heavy atom. The first-order valence-electron chi connectivity index (χ1n) is 13.8. The topological polar surface area (TPSA) is 120 Å². The van der Waals surface area contributed by atoms with E-state index >= 15 is 0 Å². The number of benzene rings is 3. The molecule has 1 saturated heterocycles. The second-order valence-corrected chi connectivity index (χ2v) is 11.0. The molecule has 3 aromatic carbocycles. The molecule has 0 spiro atoms. The van der Waals surface area contributed by atoms with Gasteiger partial charge in [0.15, 0.2) is 11.0 Å². The van der Waals surface area contributed by atoms with Crippen LogP contribution in [0, 0.1) is 6.92 Å². The summed E-state index contributed by atoms with van der Waals surface area (Å²) in [5.74, 6) is -1.02. The molecule has 3 amide bonds. The lowest BCUT2D eigenvalue weighted by molar-refractivity contribution is -0.274. The summed E-state index contributed by atoms with van der Waals surface area (Å²) in [6, 6.07) is 15.1. The zero-order valence-corrected chi connectivity index (χ0v) is 25.6. The van der Waals surface area contributed by atoms with Crippen LogP contribution in [-0.2, 0) is 9.63 Å². The number of amidine groups is 1. The first-order chi connectivity index (χ1) is 22.8. The molecule has 2 atom stereocenters. The smallest absolute Gasteiger partial charge is 0.452 e. The monoisotopic (exact) mass is 694 g/mol. The number of amides is 3. The number of alkyl halides is 6. The van der Waals surface area contributed by atoms with Crippen LogP contribution in [-0.4, -0.2) is 56.8 Å². The fourth-order valence-electron chi connectivity index (χ4n) is 4.30. The van der Waals surface area contributed by atoms with Crippen LogP contribution in [0.4, 0.5) is 36.8 Å². The number of urea groups is 1. The first kappa shape index (κ1) is 34.2. The van der Waals surface area contributed by atoms with Gasteiger partial charge in [0.05, 0.1) is 17.1 Å². The second-order valence-electron chi connectivity index (χ2n) is 10.0. The van der Waals surface area contributed by atoms with Gasteiger partial charge in [-0.05, 0) is 61.4 Å². The number of rotatable bonds is 10. The number of hydroxylamine groups is 1. The number of nitrogens with one attached hydrogen (secondary N) is 1. The number of carbonyl (C=O) groups excluding carboxylic acids is 2. The lowest BCUT2D eigenvalue weighted by Gasteiger charge is -2.21. The minimum Gasteiger partial charge on any atom is -0.452 e. The van der Waals surface area contributed by atoms with Crippen molar-refractivity contribution >= 4 is 34.6 Å². The van der Waals surface area contributed by atoms with E-state index in [1.165, 1.54) is 41.3 Å². The van der Waals surface area contributed by atoms with Crippen molar-refractivity contribution in [2.45, 2.75) is 39.1 Å². The Labute approximate surface area is 272 Å². The highest BCUT2D eigenvalue weighted by atomic mass is 32.2. The molecule has 1 N–H and O–H groups in total. The number of hydrogen-bond acceptors (Lipinski definition) is 8. The van der Waals surface area contributed by atoms with Gasteiger partial charge in [-0.3, -0.25) is 14.5 Å². The maximum Gasteiger partial charge on any atom is 0.573 e. The van der Waals surface area contributed by atoms with Crippen molar-refractivity contribution in [3.05, 3.63) is 84.2 Å². The van der Waals surface area contributed by atoms with E-state index in [1.54, 1.807) is 38.1 Å². The lowest BCUT2D eigenvalue weighted by atomic mass is 10.1. The molecule has 0 aliphatic carbocycles.